The molecular weight excluding hydrogens is 1340 g/mol. The third-order valence-corrected chi connectivity index (χ3v) is 17.6. The highest BCUT2D eigenvalue weighted by Crippen LogP contribution is 2.41. The predicted molar refractivity (Wildman–Crippen MR) is 310 cm³/mol. The second-order valence-electron chi connectivity index (χ2n) is 21.2. The van der Waals surface area contributed by atoms with E-state index in [0.29, 0.717) is 23.5 Å². The Morgan fingerprint density at radius 2 is 0.484 bits per heavy atom. The summed E-state index contributed by atoms with van der Waals surface area (Å²) in [5.41, 5.74) is -3.01. The molecule has 4 aliphatic rings. The van der Waals surface area contributed by atoms with Gasteiger partial charge in [0.25, 0.3) is 0 Å². The van der Waals surface area contributed by atoms with Gasteiger partial charge in [0.05, 0.1) is 11.5 Å². The number of esters is 14. The summed E-state index contributed by atoms with van der Waals surface area (Å²) in [6.45, 7) is 11.0. The molecule has 0 bridgehead atoms. The maximum Gasteiger partial charge on any atom is 0.303 e. The van der Waals surface area contributed by atoms with Gasteiger partial charge in [-0.25, -0.2) is 8.42 Å². The first kappa shape index (κ1) is 80.4. The van der Waals surface area contributed by atoms with Crippen molar-refractivity contribution in [3.63, 3.8) is 0 Å². The molecule has 36 nitrogen and oxygen atoms in total. The fourth-order valence-electron chi connectivity index (χ4n) is 9.90. The van der Waals surface area contributed by atoms with Gasteiger partial charge in [0.1, 0.15) is 73.9 Å². The summed E-state index contributed by atoms with van der Waals surface area (Å²) in [5.74, 6) is -15.6. The van der Waals surface area contributed by atoms with Crippen molar-refractivity contribution in [2.75, 3.05) is 49.4 Å². The number of hydrogen-bond acceptors (Lipinski definition) is 38. The Kier molecular flexibility index (Phi) is 31.7. The molecule has 0 aromatic carbocycles. The van der Waals surface area contributed by atoms with Gasteiger partial charge in [-0.2, -0.15) is 0 Å². The molecule has 0 spiro atoms. The molecule has 4 aliphatic heterocycles. The van der Waals surface area contributed by atoms with Crippen LogP contribution in [0.15, 0.2) is 0 Å². The third kappa shape index (κ3) is 26.2. The van der Waals surface area contributed by atoms with E-state index in [2.05, 4.69) is 0 Å². The Morgan fingerprint density at radius 3 is 0.726 bits per heavy atom. The number of ether oxygens (including phenoxy) is 20. The third-order valence-electron chi connectivity index (χ3n) is 13.1. The van der Waals surface area contributed by atoms with Gasteiger partial charge in [-0.05, 0) is 0 Å². The standard InChI is InChI=1S/C56H78O36S3/c1-23(57)73-19-37-41(77-27(5)61)45(79-29(7)63)49(83-33(11)67)53(87-37)91-43-39(21-75-25(3)59)89-55(51(85-35(13)69)47(43)81-31(9)65)93-15-17-95(71,72)18-16-94-56-52(86-36(14)70)48(82-32(10)66)44(40(90-56)22-76-26(4)60)92-54-50(84-34(12)68)46(80-30(8)64)42(78-28(6)62)38(88-54)20-74-24(2)58/h37-56H,15-22H2,1-14H3/t37-,38-,39-,40-,41-,42-,43-,44-,45+,46+,47+,48+,49-,50-,51-,52-,53+,54+,55+,56+/m1/s1. The summed E-state index contributed by atoms with van der Waals surface area (Å²) in [6.07, 6.45) is -31.4. The smallest absolute Gasteiger partial charge is 0.303 e. The molecule has 0 aromatic heterocycles. The van der Waals surface area contributed by atoms with Crippen molar-refractivity contribution < 1.29 is 170 Å². The fourth-order valence-corrected chi connectivity index (χ4v) is 14.6. The monoisotopic (exact) mass is 1420 g/mol. The second-order valence-corrected chi connectivity index (χ2v) is 25.9. The molecule has 0 N–H and O–H groups in total. The summed E-state index contributed by atoms with van der Waals surface area (Å²) in [7, 11) is -4.21. The van der Waals surface area contributed by atoms with Gasteiger partial charge in [-0.3, -0.25) is 67.1 Å². The first-order valence-electron chi connectivity index (χ1n) is 29.0. The molecule has 0 aliphatic carbocycles. The Morgan fingerprint density at radius 1 is 0.274 bits per heavy atom. The lowest BCUT2D eigenvalue weighted by atomic mass is 9.96. The van der Waals surface area contributed by atoms with E-state index in [1.807, 2.05) is 0 Å². The highest BCUT2D eigenvalue weighted by molar-refractivity contribution is 8.02. The van der Waals surface area contributed by atoms with Crippen LogP contribution in [0, 0.1) is 0 Å². The van der Waals surface area contributed by atoms with E-state index in [0.717, 1.165) is 96.9 Å². The van der Waals surface area contributed by atoms with Crippen molar-refractivity contribution in [1.29, 1.82) is 0 Å². The zero-order valence-electron chi connectivity index (χ0n) is 54.1. The van der Waals surface area contributed by atoms with Crippen molar-refractivity contribution in [3.8, 4) is 0 Å². The van der Waals surface area contributed by atoms with E-state index in [1.165, 1.54) is 0 Å². The second kappa shape index (κ2) is 37.5. The van der Waals surface area contributed by atoms with Crippen molar-refractivity contribution in [2.45, 2.75) is 218 Å². The van der Waals surface area contributed by atoms with Gasteiger partial charge in [-0.1, -0.05) is 0 Å². The van der Waals surface area contributed by atoms with Gasteiger partial charge >= 0.3 is 83.6 Å². The van der Waals surface area contributed by atoms with E-state index in [9.17, 15) is 75.5 Å². The molecule has 0 unspecified atom stereocenters. The van der Waals surface area contributed by atoms with Crippen molar-refractivity contribution >= 4 is 117 Å². The van der Waals surface area contributed by atoms with Crippen LogP contribution in [-0.4, -0.2) is 263 Å². The zero-order chi connectivity index (χ0) is 71.3. The van der Waals surface area contributed by atoms with Crippen molar-refractivity contribution in [2.24, 2.45) is 0 Å². The zero-order valence-corrected chi connectivity index (χ0v) is 56.6. The Labute approximate surface area is 552 Å². The van der Waals surface area contributed by atoms with Crippen LogP contribution in [0.3, 0.4) is 0 Å². The maximum absolute atomic E-state index is 14.0. The molecule has 0 aromatic rings. The van der Waals surface area contributed by atoms with Gasteiger partial charge in [0.15, 0.2) is 83.5 Å². The number of carbonyl (C=O) groups is 14. The van der Waals surface area contributed by atoms with E-state index >= 15 is 0 Å². The average Bonchev–Trinajstić information content (AvgIpc) is 0.775. The average molecular weight is 1420 g/mol. The SMILES string of the molecule is CC(=O)OC[C@H]1O[C@@H](SCCS(=O)(=O)CCS[C@@H]2O[C@H](COC(C)=O)[C@@H](O[C@@H]3O[C@H](COC(C)=O)[C@@H](OC(C)=O)[C@H](OC(C)=O)[C@H]3OC(C)=O)[C@H](OC(C)=O)[C@H]2OC(C)=O)[C@H](OC(C)=O)[C@@H](OC(C)=O)[C@@H]1O[C@@H]1O[C@H](COC(C)=O)[C@@H](OC(C)=O)[C@H](OC(C)=O)[C@H]1OC(C)=O. The van der Waals surface area contributed by atoms with E-state index in [4.69, 9.17) is 94.7 Å². The van der Waals surface area contributed by atoms with Crippen LogP contribution in [0.2, 0.25) is 0 Å². The Balaban J connectivity index is 1.69. The molecule has 4 saturated heterocycles. The first-order valence-corrected chi connectivity index (χ1v) is 32.9. The number of rotatable bonds is 30. The topological polar surface area (TPSA) is 458 Å². The first-order chi connectivity index (χ1) is 44.4. The molecule has 536 valence electrons. The van der Waals surface area contributed by atoms with Crippen molar-refractivity contribution in [1.82, 2.24) is 0 Å². The lowest BCUT2D eigenvalue weighted by molar-refractivity contribution is -0.341. The van der Waals surface area contributed by atoms with E-state index < -0.39 is 252 Å². The van der Waals surface area contributed by atoms with Gasteiger partial charge in [0, 0.05) is 108 Å². The Hall–Kier alpha value is -7.01. The highest BCUT2D eigenvalue weighted by Gasteiger charge is 2.60. The van der Waals surface area contributed by atoms with Gasteiger partial charge in [0.2, 0.25) is 0 Å². The number of thioether (sulfide) groups is 2. The van der Waals surface area contributed by atoms with Crippen LogP contribution in [-0.2, 0) is 172 Å². The van der Waals surface area contributed by atoms with Crippen LogP contribution >= 0.6 is 23.5 Å². The minimum Gasteiger partial charge on any atom is -0.463 e. The maximum atomic E-state index is 14.0. The molecule has 20 atom stereocenters. The van der Waals surface area contributed by atoms with E-state index in [1.54, 1.807) is 0 Å². The molecule has 0 saturated carbocycles. The molecule has 0 radical (unpaired) electrons. The number of hydrogen-bond donors (Lipinski definition) is 0. The Bertz CT molecular complexity index is 2700. The highest BCUT2D eigenvalue weighted by atomic mass is 32.2. The molecule has 4 rings (SSSR count). The molecule has 39 heteroatoms. The largest absolute Gasteiger partial charge is 0.463 e. The van der Waals surface area contributed by atoms with Gasteiger partial charge < -0.3 is 94.7 Å². The summed E-state index contributed by atoms with van der Waals surface area (Å²) in [6, 6.07) is 0. The summed E-state index contributed by atoms with van der Waals surface area (Å²) >= 11 is 1.43. The fraction of sp³-hybridized carbons (Fsp3) is 0.750. The van der Waals surface area contributed by atoms with Crippen LogP contribution in [0.5, 0.6) is 0 Å². The van der Waals surface area contributed by atoms with Crippen LogP contribution in [0.1, 0.15) is 96.9 Å². The lowest BCUT2D eigenvalue weighted by Gasteiger charge is -2.48. The molecule has 95 heavy (non-hydrogen) atoms. The summed E-state index contributed by atoms with van der Waals surface area (Å²) in [5, 5.41) is 0. The normalized spacial score (nSPS) is 30.4. The molecular formula is C56H78O36S3. The lowest BCUT2D eigenvalue weighted by Crippen LogP contribution is -2.66. The van der Waals surface area contributed by atoms with Gasteiger partial charge in [-0.15, -0.1) is 23.5 Å². The van der Waals surface area contributed by atoms with E-state index in [-0.39, 0.29) is 11.5 Å². The minimum absolute atomic E-state index is 0.388. The molecule has 0 amide bonds. The summed E-state index contributed by atoms with van der Waals surface area (Å²) in [4.78, 5) is 176. The van der Waals surface area contributed by atoms with Crippen molar-refractivity contribution in [3.05, 3.63) is 0 Å². The molecule has 4 fully saturated rings. The van der Waals surface area contributed by atoms with Crippen LogP contribution in [0.4, 0.5) is 0 Å². The number of sulfone groups is 1. The molecule has 4 heterocycles. The summed E-state index contributed by atoms with van der Waals surface area (Å²) < 4.78 is 142. The number of carbonyl (C=O) groups excluding carboxylic acids is 14. The van der Waals surface area contributed by atoms with Crippen LogP contribution in [0.25, 0.3) is 0 Å². The minimum atomic E-state index is -4.21. The van der Waals surface area contributed by atoms with Crippen LogP contribution < -0.4 is 0 Å². The predicted octanol–water partition coefficient (Wildman–Crippen LogP) is -0.893. The quantitative estimate of drug-likeness (QED) is 0.0621.